The summed E-state index contributed by atoms with van der Waals surface area (Å²) >= 11 is 0. The average Bonchev–Trinajstić information content (AvgIpc) is 2.62. The molecule has 0 radical (unpaired) electrons. The molecule has 0 aromatic heterocycles. The number of hydrogen-bond donors (Lipinski definition) is 2. The number of benzene rings is 2. The van der Waals surface area contributed by atoms with Gasteiger partial charge in [0.1, 0.15) is 0 Å². The van der Waals surface area contributed by atoms with Crippen molar-refractivity contribution in [1.82, 2.24) is 5.32 Å². The molecule has 4 heteroatoms. The number of carbonyl (C=O) groups excluding carboxylic acids is 1. The van der Waals surface area contributed by atoms with E-state index in [-0.39, 0.29) is 5.91 Å². The van der Waals surface area contributed by atoms with Crippen LogP contribution in [0.3, 0.4) is 0 Å². The van der Waals surface area contributed by atoms with Crippen LogP contribution in [-0.2, 0) is 6.54 Å². The Balaban J connectivity index is 1.93. The van der Waals surface area contributed by atoms with Crippen LogP contribution in [-0.4, -0.2) is 26.0 Å². The second-order valence-corrected chi connectivity index (χ2v) is 5.35. The zero-order chi connectivity index (χ0) is 16.7. The van der Waals surface area contributed by atoms with Crippen molar-refractivity contribution in [3.63, 3.8) is 0 Å². The Labute approximate surface area is 138 Å². The van der Waals surface area contributed by atoms with Gasteiger partial charge in [-0.25, -0.2) is 0 Å². The Bertz CT molecular complexity index is 616. The number of hydrogen-bond acceptors (Lipinski definition) is 3. The molecule has 0 aliphatic heterocycles. The Morgan fingerprint density at radius 3 is 2.09 bits per heavy atom. The fourth-order valence-electron chi connectivity index (χ4n) is 2.49. The van der Waals surface area contributed by atoms with Crippen LogP contribution in [0.15, 0.2) is 48.5 Å². The highest BCUT2D eigenvalue weighted by atomic mass is 16.1. The van der Waals surface area contributed by atoms with Crippen molar-refractivity contribution < 1.29 is 4.79 Å². The molecule has 0 saturated carbocycles. The number of nitrogens with zero attached hydrogens (tertiary/aromatic N) is 1. The smallest absolute Gasteiger partial charge is 0.251 e. The van der Waals surface area contributed by atoms with Crippen LogP contribution in [0.25, 0.3) is 0 Å². The molecule has 122 valence electrons. The van der Waals surface area contributed by atoms with E-state index in [1.54, 1.807) is 0 Å². The van der Waals surface area contributed by atoms with Gasteiger partial charge in [-0.15, -0.1) is 0 Å². The highest BCUT2D eigenvalue weighted by Gasteiger charge is 2.06. The topological polar surface area (TPSA) is 44.4 Å². The van der Waals surface area contributed by atoms with Crippen LogP contribution in [0.2, 0.25) is 0 Å². The molecule has 0 spiro atoms. The third-order valence-electron chi connectivity index (χ3n) is 3.95. The zero-order valence-electron chi connectivity index (χ0n) is 14.1. The summed E-state index contributed by atoms with van der Waals surface area (Å²) in [5.41, 5.74) is 3.98. The summed E-state index contributed by atoms with van der Waals surface area (Å²) in [7, 11) is 1.86. The minimum Gasteiger partial charge on any atom is -0.388 e. The number of amides is 1. The molecule has 2 rings (SSSR count). The molecule has 23 heavy (non-hydrogen) atoms. The van der Waals surface area contributed by atoms with E-state index in [2.05, 4.69) is 53.6 Å². The molecule has 4 nitrogen and oxygen atoms in total. The van der Waals surface area contributed by atoms with Crippen LogP contribution in [0.1, 0.15) is 29.8 Å². The van der Waals surface area contributed by atoms with E-state index in [1.165, 1.54) is 5.69 Å². The Morgan fingerprint density at radius 1 is 0.957 bits per heavy atom. The second-order valence-electron chi connectivity index (χ2n) is 5.35. The highest BCUT2D eigenvalue weighted by Crippen LogP contribution is 2.15. The van der Waals surface area contributed by atoms with Crippen LogP contribution >= 0.6 is 0 Å². The quantitative estimate of drug-likeness (QED) is 0.822. The van der Waals surface area contributed by atoms with E-state index in [9.17, 15) is 4.79 Å². The van der Waals surface area contributed by atoms with Gasteiger partial charge in [0.2, 0.25) is 0 Å². The Hall–Kier alpha value is -2.49. The van der Waals surface area contributed by atoms with E-state index in [1.807, 2.05) is 31.3 Å². The molecule has 2 aromatic rings. The first-order valence-electron chi connectivity index (χ1n) is 8.07. The summed E-state index contributed by atoms with van der Waals surface area (Å²) in [5, 5.41) is 6.00. The SMILES string of the molecule is CCN(CC)c1ccc(CNC(=O)c2ccc(NC)cc2)cc1. The lowest BCUT2D eigenvalue weighted by Gasteiger charge is -2.21. The maximum atomic E-state index is 12.1. The Morgan fingerprint density at radius 2 is 1.57 bits per heavy atom. The Kier molecular flexibility index (Phi) is 6.03. The van der Waals surface area contributed by atoms with E-state index in [4.69, 9.17) is 0 Å². The second kappa shape index (κ2) is 8.22. The molecule has 0 aliphatic carbocycles. The molecule has 0 atom stereocenters. The first-order valence-corrected chi connectivity index (χ1v) is 8.07. The fraction of sp³-hybridized carbons (Fsp3) is 0.316. The van der Waals surface area contributed by atoms with Gasteiger partial charge in [-0.3, -0.25) is 4.79 Å². The fourth-order valence-corrected chi connectivity index (χ4v) is 2.49. The average molecular weight is 311 g/mol. The minimum atomic E-state index is -0.0551. The van der Waals surface area contributed by atoms with Gasteiger partial charge in [-0.2, -0.15) is 0 Å². The molecule has 0 unspecified atom stereocenters. The summed E-state index contributed by atoms with van der Waals surface area (Å²) in [6.45, 7) is 6.82. The summed E-state index contributed by atoms with van der Waals surface area (Å²) in [6, 6.07) is 15.8. The molecular formula is C19H25N3O. The molecule has 0 fully saturated rings. The van der Waals surface area contributed by atoms with Crippen LogP contribution < -0.4 is 15.5 Å². The van der Waals surface area contributed by atoms with Crippen LogP contribution in [0.4, 0.5) is 11.4 Å². The van der Waals surface area contributed by atoms with Crippen molar-refractivity contribution >= 4 is 17.3 Å². The van der Waals surface area contributed by atoms with Crippen LogP contribution in [0, 0.1) is 0 Å². The van der Waals surface area contributed by atoms with Gasteiger partial charge in [-0.1, -0.05) is 12.1 Å². The lowest BCUT2D eigenvalue weighted by Crippen LogP contribution is -2.23. The molecule has 2 N–H and O–H groups in total. The molecule has 0 aliphatic rings. The third kappa shape index (κ3) is 4.49. The largest absolute Gasteiger partial charge is 0.388 e. The van der Waals surface area contributed by atoms with Crippen molar-refractivity contribution in [1.29, 1.82) is 0 Å². The van der Waals surface area contributed by atoms with Crippen molar-refractivity contribution in [2.75, 3.05) is 30.4 Å². The van der Waals surface area contributed by atoms with E-state index < -0.39 is 0 Å². The van der Waals surface area contributed by atoms with Crippen molar-refractivity contribution in [3.8, 4) is 0 Å². The predicted octanol–water partition coefficient (Wildman–Crippen LogP) is 3.50. The maximum absolute atomic E-state index is 12.1. The maximum Gasteiger partial charge on any atom is 0.251 e. The van der Waals surface area contributed by atoms with Gasteiger partial charge >= 0.3 is 0 Å². The number of carbonyl (C=O) groups is 1. The predicted molar refractivity (Wildman–Crippen MR) is 97.2 cm³/mol. The molecular weight excluding hydrogens is 286 g/mol. The van der Waals surface area contributed by atoms with Gasteiger partial charge in [0.15, 0.2) is 0 Å². The number of anilines is 2. The van der Waals surface area contributed by atoms with Gasteiger partial charge in [-0.05, 0) is 55.8 Å². The van der Waals surface area contributed by atoms with Gasteiger partial charge in [0.05, 0.1) is 0 Å². The lowest BCUT2D eigenvalue weighted by molar-refractivity contribution is 0.0951. The van der Waals surface area contributed by atoms with Crippen molar-refractivity contribution in [3.05, 3.63) is 59.7 Å². The monoisotopic (exact) mass is 311 g/mol. The van der Waals surface area contributed by atoms with E-state index in [0.717, 1.165) is 24.3 Å². The number of nitrogens with one attached hydrogen (secondary N) is 2. The number of rotatable bonds is 7. The normalized spacial score (nSPS) is 10.2. The summed E-state index contributed by atoms with van der Waals surface area (Å²) in [5.74, 6) is -0.0551. The van der Waals surface area contributed by atoms with Gasteiger partial charge < -0.3 is 15.5 Å². The standard InChI is InChI=1S/C19H25N3O/c1-4-22(5-2)18-12-6-15(7-13-18)14-21-19(23)16-8-10-17(20-3)11-9-16/h6-13,20H,4-5,14H2,1-3H3,(H,21,23). The molecule has 2 aromatic carbocycles. The van der Waals surface area contributed by atoms with Crippen LogP contribution in [0.5, 0.6) is 0 Å². The minimum absolute atomic E-state index is 0.0551. The molecule has 1 amide bonds. The highest BCUT2D eigenvalue weighted by molar-refractivity contribution is 5.94. The molecule has 0 bridgehead atoms. The molecule has 0 saturated heterocycles. The third-order valence-corrected chi connectivity index (χ3v) is 3.95. The first kappa shape index (κ1) is 16.9. The van der Waals surface area contributed by atoms with E-state index >= 15 is 0 Å². The first-order chi connectivity index (χ1) is 11.2. The summed E-state index contributed by atoms with van der Waals surface area (Å²) in [6.07, 6.45) is 0. The van der Waals surface area contributed by atoms with Gasteiger partial charge in [0, 0.05) is 43.6 Å². The van der Waals surface area contributed by atoms with Gasteiger partial charge in [0.25, 0.3) is 5.91 Å². The molecule has 0 heterocycles. The summed E-state index contributed by atoms with van der Waals surface area (Å²) in [4.78, 5) is 14.4. The van der Waals surface area contributed by atoms with E-state index in [0.29, 0.717) is 12.1 Å². The zero-order valence-corrected chi connectivity index (χ0v) is 14.1. The van der Waals surface area contributed by atoms with Crippen molar-refractivity contribution in [2.24, 2.45) is 0 Å². The van der Waals surface area contributed by atoms with Crippen molar-refractivity contribution in [2.45, 2.75) is 20.4 Å². The lowest BCUT2D eigenvalue weighted by atomic mass is 10.1. The summed E-state index contributed by atoms with van der Waals surface area (Å²) < 4.78 is 0.